The minimum Gasteiger partial charge on any atom is -0.489 e. The molecule has 1 rings (SSSR count). The highest BCUT2D eigenvalue weighted by Crippen LogP contribution is 2.19. The van der Waals surface area contributed by atoms with Crippen molar-refractivity contribution < 1.29 is 71.1 Å². The molecule has 2 N–H and O–H groups in total. The molecule has 53 heavy (non-hydrogen) atoms. The number of rotatable bonds is 40. The van der Waals surface area contributed by atoms with Crippen LogP contribution in [0.25, 0.3) is 0 Å². The number of benzene rings is 1. The van der Waals surface area contributed by atoms with Crippen molar-refractivity contribution in [3.63, 3.8) is 0 Å². The standard InChI is InChI=1S/C37H67NO15/c1-37(2,3)53-36(39)8-9-40-10-11-41-12-13-42-14-15-43-16-17-44-18-19-45-20-21-46-22-23-47-24-25-48-26-27-49-28-29-50-30-31-51-32-33-52-35-7-5-4-6-34(35)38/h4-7H,8-33,38H2,1-3H3. The van der Waals surface area contributed by atoms with Crippen LogP contribution in [-0.4, -0.2) is 177 Å². The fourth-order valence-electron chi connectivity index (χ4n) is 3.89. The van der Waals surface area contributed by atoms with Crippen molar-refractivity contribution in [1.29, 1.82) is 0 Å². The molecule has 0 heterocycles. The topological polar surface area (TPSA) is 172 Å². The number of hydrogen-bond acceptors (Lipinski definition) is 16. The van der Waals surface area contributed by atoms with E-state index in [0.717, 1.165) is 0 Å². The summed E-state index contributed by atoms with van der Waals surface area (Å²) >= 11 is 0. The maximum atomic E-state index is 11.6. The van der Waals surface area contributed by atoms with Gasteiger partial charge in [-0.15, -0.1) is 0 Å². The van der Waals surface area contributed by atoms with Gasteiger partial charge in [-0.3, -0.25) is 4.79 Å². The molecule has 0 aliphatic heterocycles. The summed E-state index contributed by atoms with van der Waals surface area (Å²) in [5.74, 6) is 0.397. The fourth-order valence-corrected chi connectivity index (χ4v) is 3.89. The number of carbonyl (C=O) groups excluding carboxylic acids is 1. The van der Waals surface area contributed by atoms with Gasteiger partial charge in [0.2, 0.25) is 0 Å². The average molecular weight is 766 g/mol. The van der Waals surface area contributed by atoms with E-state index in [9.17, 15) is 4.79 Å². The molecule has 0 unspecified atom stereocenters. The molecule has 310 valence electrons. The SMILES string of the molecule is CC(C)(C)OC(=O)CCOCCOCCOCCOCCOCCOCCOCCOCCOCCOCCOCCOCCOc1ccccc1N. The number of ether oxygens (including phenoxy) is 14. The second kappa shape index (κ2) is 36.8. The highest BCUT2D eigenvalue weighted by atomic mass is 16.6. The first-order valence-electron chi connectivity index (χ1n) is 18.5. The monoisotopic (exact) mass is 765 g/mol. The summed E-state index contributed by atoms with van der Waals surface area (Å²) in [4.78, 5) is 11.6. The molecule has 0 bridgehead atoms. The van der Waals surface area contributed by atoms with E-state index in [-0.39, 0.29) is 12.4 Å². The summed E-state index contributed by atoms with van der Waals surface area (Å²) in [5, 5.41) is 0. The average Bonchev–Trinajstić information content (AvgIpc) is 3.12. The lowest BCUT2D eigenvalue weighted by atomic mass is 10.2. The zero-order valence-corrected chi connectivity index (χ0v) is 32.4. The molecule has 0 spiro atoms. The quantitative estimate of drug-likeness (QED) is 0.0587. The summed E-state index contributed by atoms with van der Waals surface area (Å²) < 4.78 is 76.4. The molecular formula is C37H67NO15. The minimum atomic E-state index is -0.477. The van der Waals surface area contributed by atoms with Crippen LogP contribution in [0.4, 0.5) is 5.69 Å². The Morgan fingerprint density at radius 1 is 0.434 bits per heavy atom. The second-order valence-electron chi connectivity index (χ2n) is 12.1. The summed E-state index contributed by atoms with van der Waals surface area (Å²) in [6, 6.07) is 7.37. The molecule has 16 heteroatoms. The zero-order chi connectivity index (χ0) is 38.3. The highest BCUT2D eigenvalue weighted by molar-refractivity contribution is 5.69. The lowest BCUT2D eigenvalue weighted by molar-refractivity contribution is -0.156. The summed E-state index contributed by atoms with van der Waals surface area (Å²) in [7, 11) is 0. The van der Waals surface area contributed by atoms with Crippen LogP contribution in [0.1, 0.15) is 27.2 Å². The molecule has 0 aliphatic rings. The van der Waals surface area contributed by atoms with Gasteiger partial charge < -0.3 is 72.0 Å². The van der Waals surface area contributed by atoms with E-state index < -0.39 is 5.60 Å². The number of anilines is 1. The molecule has 0 aromatic heterocycles. The van der Waals surface area contributed by atoms with E-state index >= 15 is 0 Å². The Bertz CT molecular complexity index is 938. The molecule has 0 aliphatic carbocycles. The predicted octanol–water partition coefficient (Wildman–Crippen LogP) is 2.58. The maximum Gasteiger partial charge on any atom is 0.308 e. The van der Waals surface area contributed by atoms with Crippen LogP contribution in [0.2, 0.25) is 0 Å². The highest BCUT2D eigenvalue weighted by Gasteiger charge is 2.15. The van der Waals surface area contributed by atoms with Crippen molar-refractivity contribution in [3.8, 4) is 5.75 Å². The second-order valence-corrected chi connectivity index (χ2v) is 12.1. The van der Waals surface area contributed by atoms with Crippen LogP contribution in [-0.2, 0) is 66.4 Å². The van der Waals surface area contributed by atoms with Gasteiger partial charge in [0.05, 0.1) is 171 Å². The Morgan fingerprint density at radius 2 is 0.698 bits per heavy atom. The van der Waals surface area contributed by atoms with Crippen molar-refractivity contribution in [2.24, 2.45) is 0 Å². The Kier molecular flexibility index (Phi) is 33.9. The van der Waals surface area contributed by atoms with Gasteiger partial charge in [0.1, 0.15) is 18.0 Å². The molecule has 0 amide bonds. The Hall–Kier alpha value is -2.19. The van der Waals surface area contributed by atoms with Gasteiger partial charge in [0, 0.05) is 0 Å². The van der Waals surface area contributed by atoms with Gasteiger partial charge in [-0.25, -0.2) is 0 Å². The maximum absolute atomic E-state index is 11.6. The molecule has 1 aromatic carbocycles. The number of hydrogen-bond donors (Lipinski definition) is 1. The molecule has 16 nitrogen and oxygen atoms in total. The number of nitrogen functional groups attached to an aromatic ring is 1. The van der Waals surface area contributed by atoms with Crippen LogP contribution in [0.5, 0.6) is 5.75 Å². The summed E-state index contributed by atoms with van der Waals surface area (Å²) in [6.45, 7) is 17.3. The normalized spacial score (nSPS) is 11.7. The van der Waals surface area contributed by atoms with Gasteiger partial charge in [-0.1, -0.05) is 12.1 Å². The van der Waals surface area contributed by atoms with E-state index in [1.165, 1.54) is 0 Å². The van der Waals surface area contributed by atoms with Gasteiger partial charge in [0.25, 0.3) is 0 Å². The third-order valence-electron chi connectivity index (χ3n) is 6.37. The molecule has 0 saturated carbocycles. The van der Waals surface area contributed by atoms with Crippen molar-refractivity contribution >= 4 is 11.7 Å². The summed E-state index contributed by atoms with van der Waals surface area (Å²) in [5.41, 5.74) is 5.96. The van der Waals surface area contributed by atoms with Crippen LogP contribution in [0.15, 0.2) is 24.3 Å². The lowest BCUT2D eigenvalue weighted by Crippen LogP contribution is -2.24. The number of para-hydroxylation sites is 2. The van der Waals surface area contributed by atoms with Gasteiger partial charge in [-0.2, -0.15) is 0 Å². The first-order valence-corrected chi connectivity index (χ1v) is 18.5. The van der Waals surface area contributed by atoms with Crippen molar-refractivity contribution in [2.75, 3.05) is 171 Å². The van der Waals surface area contributed by atoms with Crippen LogP contribution in [0.3, 0.4) is 0 Å². The van der Waals surface area contributed by atoms with Gasteiger partial charge in [-0.05, 0) is 32.9 Å². The predicted molar refractivity (Wildman–Crippen MR) is 197 cm³/mol. The molecule has 0 saturated heterocycles. The van der Waals surface area contributed by atoms with Gasteiger partial charge in [0.15, 0.2) is 0 Å². The van der Waals surface area contributed by atoms with Crippen LogP contribution >= 0.6 is 0 Å². The molecule has 1 aromatic rings. The van der Waals surface area contributed by atoms with E-state index in [2.05, 4.69) is 0 Å². The van der Waals surface area contributed by atoms with E-state index in [4.69, 9.17) is 72.0 Å². The van der Waals surface area contributed by atoms with Crippen molar-refractivity contribution in [2.45, 2.75) is 32.8 Å². The smallest absolute Gasteiger partial charge is 0.308 e. The Balaban J connectivity index is 1.63. The minimum absolute atomic E-state index is 0.229. The molecule has 0 atom stereocenters. The number of carbonyl (C=O) groups is 1. The van der Waals surface area contributed by atoms with E-state index in [1.807, 2.05) is 39.0 Å². The zero-order valence-electron chi connectivity index (χ0n) is 32.4. The fraction of sp³-hybridized carbons (Fsp3) is 0.811. The lowest BCUT2D eigenvalue weighted by Gasteiger charge is -2.19. The Morgan fingerprint density at radius 3 is 0.981 bits per heavy atom. The summed E-state index contributed by atoms with van der Waals surface area (Å²) in [6.07, 6.45) is 0.229. The molecule has 0 radical (unpaired) electrons. The van der Waals surface area contributed by atoms with E-state index in [0.29, 0.717) is 177 Å². The van der Waals surface area contributed by atoms with Crippen molar-refractivity contribution in [1.82, 2.24) is 0 Å². The Labute approximate surface area is 316 Å². The van der Waals surface area contributed by atoms with Crippen LogP contribution in [0, 0.1) is 0 Å². The first kappa shape index (κ1) is 48.8. The van der Waals surface area contributed by atoms with E-state index in [1.54, 1.807) is 6.07 Å². The largest absolute Gasteiger partial charge is 0.489 e. The number of esters is 1. The third-order valence-corrected chi connectivity index (χ3v) is 6.37. The van der Waals surface area contributed by atoms with Crippen LogP contribution < -0.4 is 10.5 Å². The molecular weight excluding hydrogens is 698 g/mol. The number of nitrogens with two attached hydrogens (primary N) is 1. The molecule has 0 fully saturated rings. The van der Waals surface area contributed by atoms with Gasteiger partial charge >= 0.3 is 5.97 Å². The van der Waals surface area contributed by atoms with Crippen molar-refractivity contribution in [3.05, 3.63) is 24.3 Å². The third kappa shape index (κ3) is 36.6. The first-order chi connectivity index (χ1) is 25.9.